The Bertz CT molecular complexity index is 895. The minimum absolute atomic E-state index is 0.135. The van der Waals surface area contributed by atoms with Gasteiger partial charge in [-0.2, -0.15) is 5.10 Å². The van der Waals surface area contributed by atoms with Crippen LogP contribution in [-0.4, -0.2) is 21.3 Å². The van der Waals surface area contributed by atoms with Crippen molar-refractivity contribution < 1.29 is 5.11 Å². The topological polar surface area (TPSA) is 70.4 Å². The average Bonchev–Trinajstić information content (AvgIpc) is 2.96. The van der Waals surface area contributed by atoms with Crippen LogP contribution in [0.2, 0.25) is 0 Å². The zero-order valence-electron chi connectivity index (χ0n) is 12.0. The van der Waals surface area contributed by atoms with Gasteiger partial charge < -0.3 is 5.11 Å². The van der Waals surface area contributed by atoms with Crippen molar-refractivity contribution in [1.29, 1.82) is 0 Å². The van der Waals surface area contributed by atoms with Gasteiger partial charge in [0.15, 0.2) is 5.82 Å². The first-order valence-corrected chi connectivity index (χ1v) is 9.19. The first kappa shape index (κ1) is 16.4. The highest BCUT2D eigenvalue weighted by molar-refractivity contribution is 9.11. The molecular weight excluding hydrogens is 444 g/mol. The number of aromatic nitrogens is 2. The van der Waals surface area contributed by atoms with Crippen molar-refractivity contribution in [2.45, 2.75) is 13.3 Å². The fourth-order valence-corrected chi connectivity index (χ4v) is 4.21. The summed E-state index contributed by atoms with van der Waals surface area (Å²) in [6.45, 7) is 2.11. The van der Waals surface area contributed by atoms with Crippen LogP contribution in [0.15, 0.2) is 38.6 Å². The van der Waals surface area contributed by atoms with E-state index in [-0.39, 0.29) is 5.75 Å². The lowest BCUT2D eigenvalue weighted by molar-refractivity contribution is 0.471. The molecule has 1 aromatic carbocycles. The lowest BCUT2D eigenvalue weighted by atomic mass is 10.2. The van der Waals surface area contributed by atoms with Gasteiger partial charge in [-0.1, -0.05) is 22.9 Å². The SMILES string of the molecule is CCc1cc2c(N/N=C/c3cc(Br)cc(Br)c3O)ncnc2s1. The smallest absolute Gasteiger partial charge is 0.158 e. The molecule has 0 amide bonds. The third-order valence-corrected chi connectivity index (χ3v) is 5.41. The van der Waals surface area contributed by atoms with Crippen molar-refractivity contribution in [3.63, 3.8) is 0 Å². The second kappa shape index (κ2) is 6.94. The van der Waals surface area contributed by atoms with Gasteiger partial charge >= 0.3 is 0 Å². The fraction of sp³-hybridized carbons (Fsp3) is 0.133. The molecule has 0 aliphatic rings. The number of nitrogens with zero attached hydrogens (tertiary/aromatic N) is 3. The van der Waals surface area contributed by atoms with E-state index in [9.17, 15) is 5.11 Å². The summed E-state index contributed by atoms with van der Waals surface area (Å²) in [4.78, 5) is 10.7. The van der Waals surface area contributed by atoms with E-state index in [4.69, 9.17) is 0 Å². The number of phenols is 1. The number of thiophene rings is 1. The van der Waals surface area contributed by atoms with E-state index in [1.54, 1.807) is 29.7 Å². The van der Waals surface area contributed by atoms with Crippen molar-refractivity contribution >= 4 is 65.4 Å². The lowest BCUT2D eigenvalue weighted by Crippen LogP contribution is -1.95. The molecule has 0 fully saturated rings. The van der Waals surface area contributed by atoms with Gasteiger partial charge in [0.05, 0.1) is 16.1 Å². The maximum atomic E-state index is 10.0. The number of hydrogen-bond donors (Lipinski definition) is 2. The van der Waals surface area contributed by atoms with Crippen LogP contribution < -0.4 is 5.43 Å². The minimum atomic E-state index is 0.135. The zero-order valence-corrected chi connectivity index (χ0v) is 16.0. The monoisotopic (exact) mass is 454 g/mol. The molecule has 0 aliphatic heterocycles. The molecule has 3 aromatic rings. The van der Waals surface area contributed by atoms with E-state index < -0.39 is 0 Å². The molecule has 3 rings (SSSR count). The maximum Gasteiger partial charge on any atom is 0.158 e. The molecule has 118 valence electrons. The van der Waals surface area contributed by atoms with Gasteiger partial charge in [0.1, 0.15) is 16.9 Å². The van der Waals surface area contributed by atoms with Crippen LogP contribution in [0.1, 0.15) is 17.4 Å². The van der Waals surface area contributed by atoms with Crippen LogP contribution in [0.5, 0.6) is 5.75 Å². The first-order chi connectivity index (χ1) is 11.1. The molecule has 0 saturated carbocycles. The second-order valence-electron chi connectivity index (χ2n) is 4.70. The first-order valence-electron chi connectivity index (χ1n) is 6.79. The highest BCUT2D eigenvalue weighted by Crippen LogP contribution is 2.31. The average molecular weight is 456 g/mol. The number of aryl methyl sites for hydroxylation is 1. The van der Waals surface area contributed by atoms with Gasteiger partial charge in [-0.3, -0.25) is 5.43 Å². The Balaban J connectivity index is 1.87. The zero-order chi connectivity index (χ0) is 16.4. The Morgan fingerprint density at radius 3 is 2.91 bits per heavy atom. The molecule has 0 atom stereocenters. The van der Waals surface area contributed by atoms with Crippen LogP contribution in [0, 0.1) is 0 Å². The van der Waals surface area contributed by atoms with Gasteiger partial charge in [0.2, 0.25) is 0 Å². The summed E-state index contributed by atoms with van der Waals surface area (Å²) in [6, 6.07) is 5.62. The van der Waals surface area contributed by atoms with Gasteiger partial charge in [-0.05, 0) is 40.5 Å². The van der Waals surface area contributed by atoms with Gasteiger partial charge in [-0.15, -0.1) is 11.3 Å². The normalized spacial score (nSPS) is 11.4. The Kier molecular flexibility index (Phi) is 4.93. The summed E-state index contributed by atoms with van der Waals surface area (Å²) in [6.07, 6.45) is 4.03. The summed E-state index contributed by atoms with van der Waals surface area (Å²) in [5.41, 5.74) is 3.51. The highest BCUT2D eigenvalue weighted by Gasteiger charge is 2.08. The number of nitrogens with one attached hydrogen (secondary N) is 1. The molecule has 5 nitrogen and oxygen atoms in total. The van der Waals surface area contributed by atoms with Crippen molar-refractivity contribution in [1.82, 2.24) is 9.97 Å². The molecule has 8 heteroatoms. The molecular formula is C15H12Br2N4OS. The highest BCUT2D eigenvalue weighted by atomic mass is 79.9. The Morgan fingerprint density at radius 1 is 1.30 bits per heavy atom. The molecule has 2 heterocycles. The molecule has 0 saturated heterocycles. The predicted molar refractivity (Wildman–Crippen MR) is 102 cm³/mol. The number of fused-ring (bicyclic) bond motifs is 1. The van der Waals surface area contributed by atoms with E-state index in [2.05, 4.69) is 65.3 Å². The van der Waals surface area contributed by atoms with Gasteiger partial charge in [0.25, 0.3) is 0 Å². The van der Waals surface area contributed by atoms with Crippen LogP contribution in [0.4, 0.5) is 5.82 Å². The Morgan fingerprint density at radius 2 is 2.13 bits per heavy atom. The largest absolute Gasteiger partial charge is 0.506 e. The summed E-state index contributed by atoms with van der Waals surface area (Å²) in [5, 5.41) is 15.1. The summed E-state index contributed by atoms with van der Waals surface area (Å²) >= 11 is 8.33. The maximum absolute atomic E-state index is 10.0. The van der Waals surface area contributed by atoms with E-state index >= 15 is 0 Å². The molecule has 0 aliphatic carbocycles. The summed E-state index contributed by atoms with van der Waals surface area (Å²) < 4.78 is 1.45. The molecule has 23 heavy (non-hydrogen) atoms. The van der Waals surface area contributed by atoms with Crippen molar-refractivity contribution in [3.8, 4) is 5.75 Å². The number of anilines is 1. The predicted octanol–water partition coefficient (Wildman–Crippen LogP) is 4.93. The standard InChI is InChI=1S/C15H12Br2N4OS/c1-2-10-5-11-14(18-7-19-15(11)23-10)21-20-6-8-3-9(16)4-12(17)13(8)22/h3-7,22H,2H2,1H3,(H,18,19,21)/b20-6+. The van der Waals surface area contributed by atoms with Crippen molar-refractivity contribution in [3.05, 3.63) is 43.9 Å². The number of rotatable bonds is 4. The number of hydrazone groups is 1. The molecule has 0 unspecified atom stereocenters. The third-order valence-electron chi connectivity index (χ3n) is 3.16. The van der Waals surface area contributed by atoms with Gasteiger partial charge in [-0.25, -0.2) is 9.97 Å². The van der Waals surface area contributed by atoms with Crippen LogP contribution in [0.25, 0.3) is 10.2 Å². The van der Waals surface area contributed by atoms with E-state index in [1.165, 1.54) is 11.2 Å². The number of aromatic hydroxyl groups is 1. The number of halogens is 2. The van der Waals surface area contributed by atoms with E-state index in [1.807, 2.05) is 0 Å². The molecule has 2 aromatic heterocycles. The molecule has 0 spiro atoms. The van der Waals surface area contributed by atoms with Crippen LogP contribution in [0.3, 0.4) is 0 Å². The number of hydrogen-bond acceptors (Lipinski definition) is 6. The quantitative estimate of drug-likeness (QED) is 0.432. The number of benzene rings is 1. The Labute approximate surface area is 153 Å². The van der Waals surface area contributed by atoms with Crippen LogP contribution >= 0.6 is 43.2 Å². The van der Waals surface area contributed by atoms with E-state index in [0.717, 1.165) is 21.1 Å². The molecule has 0 bridgehead atoms. The molecule has 2 N–H and O–H groups in total. The number of phenolic OH excluding ortho intramolecular Hbond substituents is 1. The minimum Gasteiger partial charge on any atom is -0.506 e. The van der Waals surface area contributed by atoms with E-state index in [0.29, 0.717) is 15.9 Å². The lowest BCUT2D eigenvalue weighted by Gasteiger charge is -2.03. The molecule has 0 radical (unpaired) electrons. The van der Waals surface area contributed by atoms with Crippen LogP contribution in [-0.2, 0) is 6.42 Å². The summed E-state index contributed by atoms with van der Waals surface area (Å²) in [7, 11) is 0. The van der Waals surface area contributed by atoms with Crippen molar-refractivity contribution in [2.24, 2.45) is 5.10 Å². The fourth-order valence-electron chi connectivity index (χ4n) is 2.02. The third kappa shape index (κ3) is 3.54. The summed E-state index contributed by atoms with van der Waals surface area (Å²) in [5.74, 6) is 0.783. The van der Waals surface area contributed by atoms with Crippen molar-refractivity contribution in [2.75, 3.05) is 5.43 Å². The van der Waals surface area contributed by atoms with Gasteiger partial charge in [0, 0.05) is 14.9 Å². The second-order valence-corrected chi connectivity index (χ2v) is 7.59. The Hall–Kier alpha value is -1.51.